The van der Waals surface area contributed by atoms with Gasteiger partial charge in [-0.25, -0.2) is 0 Å². The quantitative estimate of drug-likeness (QED) is 0.924. The minimum absolute atomic E-state index is 0.0617. The number of likely N-dealkylation sites (tertiary alicyclic amines) is 1. The van der Waals surface area contributed by atoms with Gasteiger partial charge < -0.3 is 10.1 Å². The maximum atomic E-state index is 12.1. The number of fused-ring (bicyclic) bond motifs is 1. The van der Waals surface area contributed by atoms with Crippen molar-refractivity contribution < 1.29 is 9.53 Å². The van der Waals surface area contributed by atoms with Crippen LogP contribution in [0.4, 0.5) is 0 Å². The number of carbonyl (C=O) groups is 1. The lowest BCUT2D eigenvalue weighted by Crippen LogP contribution is -2.66. The van der Waals surface area contributed by atoms with E-state index in [1.54, 1.807) is 0 Å². The Morgan fingerprint density at radius 2 is 1.96 bits per heavy atom. The van der Waals surface area contributed by atoms with E-state index in [1.165, 1.54) is 0 Å². The summed E-state index contributed by atoms with van der Waals surface area (Å²) in [5.74, 6) is -0.0617. The third-order valence-electron chi connectivity index (χ3n) is 5.39. The van der Waals surface area contributed by atoms with Crippen molar-refractivity contribution in [2.24, 2.45) is 0 Å². The number of amides is 1. The van der Waals surface area contributed by atoms with Crippen molar-refractivity contribution in [1.82, 2.24) is 10.2 Å². The van der Waals surface area contributed by atoms with Crippen LogP contribution >= 0.6 is 0 Å². The molecule has 0 unspecified atom stereocenters. The molecule has 26 heavy (non-hydrogen) atoms. The SMILES string of the molecule is N#Cc1ccccc1CN1CC[C@@]2(c3ccccc3)NC(=O)CO[C@@H]2C1. The number of carbonyl (C=O) groups excluding carboxylic acids is 1. The largest absolute Gasteiger partial charge is 0.364 e. The molecule has 0 aromatic heterocycles. The number of rotatable bonds is 3. The Kier molecular flexibility index (Phi) is 4.46. The van der Waals surface area contributed by atoms with Gasteiger partial charge in [-0.05, 0) is 23.6 Å². The zero-order valence-electron chi connectivity index (χ0n) is 14.5. The summed E-state index contributed by atoms with van der Waals surface area (Å²) >= 11 is 0. The molecule has 0 radical (unpaired) electrons. The van der Waals surface area contributed by atoms with Gasteiger partial charge in [0.25, 0.3) is 0 Å². The van der Waals surface area contributed by atoms with Crippen molar-refractivity contribution >= 4 is 5.91 Å². The smallest absolute Gasteiger partial charge is 0.246 e. The van der Waals surface area contributed by atoms with E-state index in [0.717, 1.165) is 30.6 Å². The molecule has 0 bridgehead atoms. The van der Waals surface area contributed by atoms with Crippen LogP contribution in [-0.4, -0.2) is 36.6 Å². The lowest BCUT2D eigenvalue weighted by molar-refractivity contribution is -0.152. The summed E-state index contributed by atoms with van der Waals surface area (Å²) in [5, 5.41) is 12.5. The number of morpholine rings is 1. The minimum atomic E-state index is -0.470. The normalized spacial score (nSPS) is 25.8. The molecule has 2 atom stereocenters. The highest BCUT2D eigenvalue weighted by Gasteiger charge is 2.48. The highest BCUT2D eigenvalue weighted by atomic mass is 16.5. The first-order valence-electron chi connectivity index (χ1n) is 8.90. The summed E-state index contributed by atoms with van der Waals surface area (Å²) in [6, 6.07) is 20.1. The van der Waals surface area contributed by atoms with Gasteiger partial charge in [0, 0.05) is 19.6 Å². The summed E-state index contributed by atoms with van der Waals surface area (Å²) in [7, 11) is 0. The maximum absolute atomic E-state index is 12.1. The van der Waals surface area contributed by atoms with Crippen molar-refractivity contribution in [3.8, 4) is 6.07 Å². The first-order valence-corrected chi connectivity index (χ1v) is 8.90. The van der Waals surface area contributed by atoms with E-state index in [4.69, 9.17) is 4.74 Å². The second-order valence-corrected chi connectivity index (χ2v) is 6.94. The molecule has 2 heterocycles. The van der Waals surface area contributed by atoms with Crippen LogP contribution in [0.1, 0.15) is 23.1 Å². The number of nitrogens with zero attached hydrogens (tertiary/aromatic N) is 2. The first-order chi connectivity index (χ1) is 12.7. The molecule has 2 aliphatic heterocycles. The second kappa shape index (κ2) is 6.91. The lowest BCUT2D eigenvalue weighted by atomic mass is 9.77. The Bertz CT molecular complexity index is 846. The number of hydrogen-bond acceptors (Lipinski definition) is 4. The van der Waals surface area contributed by atoms with Gasteiger partial charge in [0.05, 0.1) is 23.3 Å². The molecule has 2 saturated heterocycles. The molecule has 1 amide bonds. The third kappa shape index (κ3) is 2.98. The van der Waals surface area contributed by atoms with Crippen molar-refractivity contribution in [3.63, 3.8) is 0 Å². The van der Waals surface area contributed by atoms with E-state index in [1.807, 2.05) is 42.5 Å². The van der Waals surface area contributed by atoms with Crippen molar-refractivity contribution in [1.29, 1.82) is 5.26 Å². The van der Waals surface area contributed by atoms with Gasteiger partial charge in [0.2, 0.25) is 5.91 Å². The van der Waals surface area contributed by atoms with Crippen LogP contribution < -0.4 is 5.32 Å². The minimum Gasteiger partial charge on any atom is -0.364 e. The number of nitrogens with one attached hydrogen (secondary N) is 1. The summed E-state index contributed by atoms with van der Waals surface area (Å²) in [5.41, 5.74) is 2.37. The predicted molar refractivity (Wildman–Crippen MR) is 97.1 cm³/mol. The molecule has 2 aromatic rings. The summed E-state index contributed by atoms with van der Waals surface area (Å²) in [4.78, 5) is 14.4. The van der Waals surface area contributed by atoms with E-state index in [-0.39, 0.29) is 18.6 Å². The number of hydrogen-bond donors (Lipinski definition) is 1. The molecule has 2 aromatic carbocycles. The fraction of sp³-hybridized carbons (Fsp3) is 0.333. The van der Waals surface area contributed by atoms with Crippen LogP contribution in [0.2, 0.25) is 0 Å². The summed E-state index contributed by atoms with van der Waals surface area (Å²) in [6.45, 7) is 2.36. The van der Waals surface area contributed by atoms with Gasteiger partial charge in [-0.2, -0.15) is 5.26 Å². The van der Waals surface area contributed by atoms with Gasteiger partial charge in [0.1, 0.15) is 6.61 Å². The molecular formula is C21H21N3O2. The van der Waals surface area contributed by atoms with Crippen LogP contribution in [0.5, 0.6) is 0 Å². The number of benzene rings is 2. The standard InChI is InChI=1S/C21H21N3O2/c22-12-16-6-4-5-7-17(16)13-24-11-10-21(18-8-2-1-3-9-18)19(14-24)26-15-20(25)23-21/h1-9,19H,10-11,13-15H2,(H,23,25)/t19-,21+/m1/s1. The van der Waals surface area contributed by atoms with Crippen LogP contribution in [0.3, 0.4) is 0 Å². The van der Waals surface area contributed by atoms with Crippen LogP contribution in [0, 0.1) is 11.3 Å². The van der Waals surface area contributed by atoms with Gasteiger partial charge in [-0.3, -0.25) is 9.69 Å². The molecule has 5 heteroatoms. The Hall–Kier alpha value is -2.68. The molecule has 132 valence electrons. The molecule has 1 N–H and O–H groups in total. The lowest BCUT2D eigenvalue weighted by Gasteiger charge is -2.50. The van der Waals surface area contributed by atoms with Gasteiger partial charge in [0.15, 0.2) is 0 Å². The topological polar surface area (TPSA) is 65.4 Å². The molecule has 0 spiro atoms. The van der Waals surface area contributed by atoms with E-state index in [9.17, 15) is 10.1 Å². The van der Waals surface area contributed by atoms with Crippen molar-refractivity contribution in [2.45, 2.75) is 24.6 Å². The Balaban J connectivity index is 1.58. The number of ether oxygens (including phenoxy) is 1. The van der Waals surface area contributed by atoms with E-state index in [2.05, 4.69) is 28.4 Å². The fourth-order valence-electron chi connectivity index (χ4n) is 4.07. The Labute approximate surface area is 153 Å². The Morgan fingerprint density at radius 3 is 2.77 bits per heavy atom. The fourth-order valence-corrected chi connectivity index (χ4v) is 4.07. The van der Waals surface area contributed by atoms with E-state index < -0.39 is 5.54 Å². The molecule has 4 rings (SSSR count). The highest BCUT2D eigenvalue weighted by Crippen LogP contribution is 2.37. The molecule has 0 aliphatic carbocycles. The monoisotopic (exact) mass is 347 g/mol. The van der Waals surface area contributed by atoms with Crippen molar-refractivity contribution in [3.05, 3.63) is 71.3 Å². The van der Waals surface area contributed by atoms with Crippen LogP contribution in [-0.2, 0) is 21.6 Å². The first kappa shape index (κ1) is 16.8. The molecular weight excluding hydrogens is 326 g/mol. The molecule has 5 nitrogen and oxygen atoms in total. The molecule has 2 fully saturated rings. The summed E-state index contributed by atoms with van der Waals surface area (Å²) in [6.07, 6.45) is 0.674. The van der Waals surface area contributed by atoms with Crippen LogP contribution in [0.15, 0.2) is 54.6 Å². The number of nitriles is 1. The maximum Gasteiger partial charge on any atom is 0.246 e. The van der Waals surface area contributed by atoms with E-state index in [0.29, 0.717) is 12.1 Å². The zero-order chi connectivity index (χ0) is 18.0. The second-order valence-electron chi connectivity index (χ2n) is 6.94. The van der Waals surface area contributed by atoms with Crippen molar-refractivity contribution in [2.75, 3.05) is 19.7 Å². The zero-order valence-corrected chi connectivity index (χ0v) is 14.5. The molecule has 0 saturated carbocycles. The van der Waals surface area contributed by atoms with Gasteiger partial charge in [-0.1, -0.05) is 48.5 Å². The average Bonchev–Trinajstić information content (AvgIpc) is 2.69. The van der Waals surface area contributed by atoms with E-state index >= 15 is 0 Å². The predicted octanol–water partition coefficient (Wildman–Crippen LogP) is 2.17. The van der Waals surface area contributed by atoms with Gasteiger partial charge >= 0.3 is 0 Å². The number of piperidine rings is 1. The highest BCUT2D eigenvalue weighted by molar-refractivity contribution is 5.79. The third-order valence-corrected chi connectivity index (χ3v) is 5.39. The van der Waals surface area contributed by atoms with Gasteiger partial charge in [-0.15, -0.1) is 0 Å². The van der Waals surface area contributed by atoms with Crippen LogP contribution in [0.25, 0.3) is 0 Å². The molecule has 2 aliphatic rings. The summed E-state index contributed by atoms with van der Waals surface area (Å²) < 4.78 is 5.96. The average molecular weight is 347 g/mol. The Morgan fingerprint density at radius 1 is 1.19 bits per heavy atom.